The molecule has 2 aliphatic rings. The number of halogens is 1. The van der Waals surface area contributed by atoms with Gasteiger partial charge in [-0.05, 0) is 23.3 Å². The van der Waals surface area contributed by atoms with Gasteiger partial charge in [-0.2, -0.15) is 0 Å². The summed E-state index contributed by atoms with van der Waals surface area (Å²) in [6.07, 6.45) is 7.30. The van der Waals surface area contributed by atoms with Crippen LogP contribution in [0, 0.1) is 11.3 Å². The maximum absolute atomic E-state index is 12.1. The highest BCUT2D eigenvalue weighted by Gasteiger charge is 2.46. The summed E-state index contributed by atoms with van der Waals surface area (Å²) in [5, 5.41) is 0. The summed E-state index contributed by atoms with van der Waals surface area (Å²) >= 11 is 2.23. The summed E-state index contributed by atoms with van der Waals surface area (Å²) in [7, 11) is 0. The van der Waals surface area contributed by atoms with E-state index in [-0.39, 0.29) is 11.3 Å². The molecule has 2 fully saturated rings. The zero-order valence-corrected chi connectivity index (χ0v) is 14.6. The summed E-state index contributed by atoms with van der Waals surface area (Å²) in [6, 6.07) is 0. The second-order valence-corrected chi connectivity index (χ2v) is 7.53. The van der Waals surface area contributed by atoms with Gasteiger partial charge < -0.3 is 9.47 Å². The molecule has 1 spiro atoms. The van der Waals surface area contributed by atoms with Gasteiger partial charge in [-0.1, -0.05) is 42.5 Å². The Morgan fingerprint density at radius 2 is 2.05 bits per heavy atom. The van der Waals surface area contributed by atoms with Crippen molar-refractivity contribution >= 4 is 28.4 Å². The fourth-order valence-electron chi connectivity index (χ4n) is 2.92. The van der Waals surface area contributed by atoms with E-state index in [0.717, 1.165) is 45.3 Å². The number of Topliss-reactive ketones (excluding diaryl/α,β-unsaturated/α-hetero) is 1. The number of unbranched alkanes of at least 4 members (excludes halogenated alkanes) is 1. The number of carbonyl (C=O) groups excluding carboxylic acids is 1. The van der Waals surface area contributed by atoms with Crippen LogP contribution < -0.4 is 0 Å². The summed E-state index contributed by atoms with van der Waals surface area (Å²) < 4.78 is 14.1. The molecule has 0 amide bonds. The van der Waals surface area contributed by atoms with E-state index >= 15 is 0 Å². The topological polar surface area (TPSA) is 35.5 Å². The van der Waals surface area contributed by atoms with E-state index in [1.807, 2.05) is 4.08 Å². The molecule has 0 aromatic carbocycles. The number of allylic oxidation sites excluding steroid dienone is 1. The molecule has 1 aliphatic heterocycles. The van der Waals surface area contributed by atoms with Gasteiger partial charge in [-0.15, -0.1) is 0 Å². The van der Waals surface area contributed by atoms with Crippen LogP contribution in [0.5, 0.6) is 0 Å². The Morgan fingerprint density at radius 3 is 2.70 bits per heavy atom. The molecule has 0 aromatic heterocycles. The molecule has 20 heavy (non-hydrogen) atoms. The van der Waals surface area contributed by atoms with E-state index in [1.54, 1.807) is 0 Å². The van der Waals surface area contributed by atoms with Crippen LogP contribution in [-0.2, 0) is 14.3 Å². The van der Waals surface area contributed by atoms with Crippen molar-refractivity contribution < 1.29 is 14.3 Å². The van der Waals surface area contributed by atoms with Crippen molar-refractivity contribution in [2.45, 2.75) is 58.2 Å². The third-order valence-electron chi connectivity index (χ3n) is 4.23. The zero-order valence-electron chi connectivity index (χ0n) is 12.5. The summed E-state index contributed by atoms with van der Waals surface area (Å²) in [4.78, 5) is 12.1. The lowest BCUT2D eigenvalue weighted by Gasteiger charge is -2.46. The van der Waals surface area contributed by atoms with Crippen molar-refractivity contribution in [1.29, 1.82) is 0 Å². The monoisotopic (exact) mass is 392 g/mol. The minimum absolute atomic E-state index is 0.0906. The Balaban J connectivity index is 1.89. The summed E-state index contributed by atoms with van der Waals surface area (Å²) in [5.74, 6) is 0.0337. The van der Waals surface area contributed by atoms with Crippen LogP contribution in [0.4, 0.5) is 0 Å². The van der Waals surface area contributed by atoms with Crippen LogP contribution >= 0.6 is 22.6 Å². The van der Waals surface area contributed by atoms with Gasteiger partial charge in [-0.3, -0.25) is 4.79 Å². The van der Waals surface area contributed by atoms with E-state index in [1.165, 1.54) is 0 Å². The largest absolute Gasteiger partial charge is 0.349 e. The molecule has 0 radical (unpaired) electrons. The predicted molar refractivity (Wildman–Crippen MR) is 87.8 cm³/mol. The molecule has 3 nitrogen and oxygen atoms in total. The fourth-order valence-corrected chi connectivity index (χ4v) is 3.28. The first-order chi connectivity index (χ1) is 9.46. The Bertz CT molecular complexity index is 366. The molecule has 0 bridgehead atoms. The van der Waals surface area contributed by atoms with E-state index in [9.17, 15) is 4.79 Å². The summed E-state index contributed by atoms with van der Waals surface area (Å²) in [5.41, 5.74) is 0.0906. The van der Waals surface area contributed by atoms with Crippen LogP contribution in [0.1, 0.15) is 52.4 Å². The number of rotatable bonds is 4. The highest BCUT2D eigenvalue weighted by Crippen LogP contribution is 2.41. The van der Waals surface area contributed by atoms with Crippen LogP contribution in [-0.4, -0.2) is 24.8 Å². The number of hydrogen-bond acceptors (Lipinski definition) is 3. The standard InChI is InChI=1S/C16H25IO3/c1-15(2)11-19-16(20-12-15)8-7-14(18)13(10-16)6-4-3-5-9-17/h5,9,13H,3-4,6-8,10-12H2,1-2H3/b9-5-. The van der Waals surface area contributed by atoms with Crippen molar-refractivity contribution in [3.05, 3.63) is 10.2 Å². The second kappa shape index (κ2) is 6.88. The Kier molecular flexibility index (Phi) is 5.65. The van der Waals surface area contributed by atoms with E-state index in [2.05, 4.69) is 42.5 Å². The molecule has 2 rings (SSSR count). The highest BCUT2D eigenvalue weighted by molar-refractivity contribution is 14.1. The lowest BCUT2D eigenvalue weighted by Crippen LogP contribution is -2.51. The third-order valence-corrected chi connectivity index (χ3v) is 4.74. The van der Waals surface area contributed by atoms with Crippen molar-refractivity contribution in [3.8, 4) is 0 Å². The van der Waals surface area contributed by atoms with Crippen molar-refractivity contribution in [1.82, 2.24) is 0 Å². The number of ether oxygens (including phenoxy) is 2. The smallest absolute Gasteiger partial charge is 0.169 e. The average Bonchev–Trinajstić information content (AvgIpc) is 2.42. The minimum Gasteiger partial charge on any atom is -0.349 e. The lowest BCUT2D eigenvalue weighted by atomic mass is 9.79. The maximum Gasteiger partial charge on any atom is 0.169 e. The highest BCUT2D eigenvalue weighted by atomic mass is 127. The Morgan fingerprint density at radius 1 is 1.35 bits per heavy atom. The first kappa shape index (κ1) is 16.4. The lowest BCUT2D eigenvalue weighted by molar-refractivity contribution is -0.311. The first-order valence-electron chi connectivity index (χ1n) is 7.52. The number of carbonyl (C=O) groups is 1. The number of hydrogen-bond donors (Lipinski definition) is 0. The van der Waals surface area contributed by atoms with Gasteiger partial charge >= 0.3 is 0 Å². The van der Waals surface area contributed by atoms with Gasteiger partial charge in [0.05, 0.1) is 13.2 Å². The Hall–Kier alpha value is 0.0600. The molecule has 1 aliphatic carbocycles. The first-order valence-corrected chi connectivity index (χ1v) is 8.77. The van der Waals surface area contributed by atoms with Gasteiger partial charge in [0.25, 0.3) is 0 Å². The molecule has 1 saturated heterocycles. The van der Waals surface area contributed by atoms with Crippen molar-refractivity contribution in [2.24, 2.45) is 11.3 Å². The predicted octanol–water partition coefficient (Wildman–Crippen LogP) is 4.24. The number of ketones is 1. The van der Waals surface area contributed by atoms with Gasteiger partial charge in [0.15, 0.2) is 5.79 Å². The normalized spacial score (nSPS) is 29.1. The molecular formula is C16H25IO3. The maximum atomic E-state index is 12.1. The van der Waals surface area contributed by atoms with Gasteiger partial charge in [-0.25, -0.2) is 0 Å². The van der Waals surface area contributed by atoms with E-state index in [0.29, 0.717) is 12.2 Å². The Labute approximate surface area is 135 Å². The molecule has 0 aromatic rings. The van der Waals surface area contributed by atoms with Crippen LogP contribution in [0.15, 0.2) is 10.2 Å². The minimum atomic E-state index is -0.479. The fraction of sp³-hybridized carbons (Fsp3) is 0.812. The van der Waals surface area contributed by atoms with Gasteiger partial charge in [0.2, 0.25) is 0 Å². The molecule has 1 heterocycles. The SMILES string of the molecule is CC1(C)COC2(CCC(=O)C(CCC/C=C\I)C2)OC1. The van der Waals surface area contributed by atoms with E-state index in [4.69, 9.17) is 9.47 Å². The van der Waals surface area contributed by atoms with E-state index < -0.39 is 5.79 Å². The molecule has 1 unspecified atom stereocenters. The molecule has 0 N–H and O–H groups in total. The molecule has 114 valence electrons. The van der Waals surface area contributed by atoms with Crippen molar-refractivity contribution in [2.75, 3.05) is 13.2 Å². The molecule has 4 heteroatoms. The zero-order chi connectivity index (χ0) is 14.6. The average molecular weight is 392 g/mol. The summed E-state index contributed by atoms with van der Waals surface area (Å²) in [6.45, 7) is 5.76. The quantitative estimate of drug-likeness (QED) is 0.530. The third kappa shape index (κ3) is 4.28. The van der Waals surface area contributed by atoms with Crippen LogP contribution in [0.3, 0.4) is 0 Å². The second-order valence-electron chi connectivity index (χ2n) is 6.81. The molecule has 1 saturated carbocycles. The van der Waals surface area contributed by atoms with Crippen molar-refractivity contribution in [3.63, 3.8) is 0 Å². The molecule has 1 atom stereocenters. The van der Waals surface area contributed by atoms with Gasteiger partial charge in [0.1, 0.15) is 5.78 Å². The van der Waals surface area contributed by atoms with Crippen LogP contribution in [0.25, 0.3) is 0 Å². The van der Waals surface area contributed by atoms with Crippen LogP contribution in [0.2, 0.25) is 0 Å². The molecular weight excluding hydrogens is 367 g/mol. The van der Waals surface area contributed by atoms with Gasteiger partial charge in [0, 0.05) is 30.6 Å².